The van der Waals surface area contributed by atoms with Crippen molar-refractivity contribution in [1.82, 2.24) is 0 Å². The van der Waals surface area contributed by atoms with Gasteiger partial charge in [-0.05, 0) is 36.2 Å². The molecule has 1 aromatic heterocycles. The molecule has 0 saturated carbocycles. The van der Waals surface area contributed by atoms with Gasteiger partial charge in [0.05, 0.1) is 13.4 Å². The summed E-state index contributed by atoms with van der Waals surface area (Å²) in [5.41, 5.74) is 9.34. The summed E-state index contributed by atoms with van der Waals surface area (Å²) in [6.45, 7) is 0. The van der Waals surface area contributed by atoms with E-state index in [2.05, 4.69) is 15.9 Å². The van der Waals surface area contributed by atoms with Crippen LogP contribution in [-0.4, -0.2) is 7.11 Å². The number of nitrogens with two attached hydrogens (primary N) is 1. The van der Waals surface area contributed by atoms with Gasteiger partial charge in [0.1, 0.15) is 11.3 Å². The highest BCUT2D eigenvalue weighted by molar-refractivity contribution is 9.10. The van der Waals surface area contributed by atoms with E-state index in [1.807, 2.05) is 42.5 Å². The summed E-state index contributed by atoms with van der Waals surface area (Å²) in [6, 6.07) is 13.7. The molecule has 0 amide bonds. The molecule has 0 aliphatic carbocycles. The summed E-state index contributed by atoms with van der Waals surface area (Å²) in [5, 5.41) is 1.07. The number of hydrogen-bond acceptors (Lipinski definition) is 3. The van der Waals surface area contributed by atoms with Crippen molar-refractivity contribution in [3.8, 4) is 5.75 Å². The Balaban J connectivity index is 1.93. The molecule has 108 valence electrons. The van der Waals surface area contributed by atoms with Crippen molar-refractivity contribution in [2.24, 2.45) is 5.73 Å². The number of benzene rings is 2. The van der Waals surface area contributed by atoms with E-state index in [1.165, 1.54) is 0 Å². The third kappa shape index (κ3) is 2.82. The van der Waals surface area contributed by atoms with Crippen LogP contribution in [0.1, 0.15) is 17.2 Å². The molecule has 0 aliphatic rings. The van der Waals surface area contributed by atoms with Crippen molar-refractivity contribution in [2.75, 3.05) is 7.11 Å². The number of para-hydroxylation sites is 1. The van der Waals surface area contributed by atoms with Crippen LogP contribution in [0.5, 0.6) is 5.75 Å². The molecule has 2 N–H and O–H groups in total. The Labute approximate surface area is 131 Å². The van der Waals surface area contributed by atoms with Crippen molar-refractivity contribution in [1.29, 1.82) is 0 Å². The maximum absolute atomic E-state index is 6.38. The monoisotopic (exact) mass is 345 g/mol. The average Bonchev–Trinajstić information content (AvgIpc) is 2.91. The van der Waals surface area contributed by atoms with E-state index in [0.29, 0.717) is 6.42 Å². The van der Waals surface area contributed by atoms with Crippen LogP contribution in [0, 0.1) is 0 Å². The fourth-order valence-corrected chi connectivity index (χ4v) is 2.95. The van der Waals surface area contributed by atoms with Crippen LogP contribution in [-0.2, 0) is 6.42 Å². The molecule has 0 saturated heterocycles. The standard InChI is InChI=1S/C17H16BrNO2/c1-20-16-7-6-12(18)8-11(16)9-15(19)14-10-21-17-5-3-2-4-13(14)17/h2-8,10,15H,9,19H2,1H3. The van der Waals surface area contributed by atoms with Gasteiger partial charge in [0.15, 0.2) is 0 Å². The number of methoxy groups -OCH3 is 1. The lowest BCUT2D eigenvalue weighted by atomic mass is 9.98. The van der Waals surface area contributed by atoms with E-state index in [-0.39, 0.29) is 6.04 Å². The van der Waals surface area contributed by atoms with Gasteiger partial charge in [-0.25, -0.2) is 0 Å². The number of rotatable bonds is 4. The van der Waals surface area contributed by atoms with E-state index >= 15 is 0 Å². The smallest absolute Gasteiger partial charge is 0.134 e. The minimum Gasteiger partial charge on any atom is -0.496 e. The fourth-order valence-electron chi connectivity index (χ4n) is 2.54. The van der Waals surface area contributed by atoms with Crippen molar-refractivity contribution in [3.05, 3.63) is 64.3 Å². The predicted octanol–water partition coefficient (Wildman–Crippen LogP) is 4.45. The molecule has 21 heavy (non-hydrogen) atoms. The lowest BCUT2D eigenvalue weighted by Gasteiger charge is -2.14. The second kappa shape index (κ2) is 5.92. The van der Waals surface area contributed by atoms with Crippen LogP contribution in [0.3, 0.4) is 0 Å². The van der Waals surface area contributed by atoms with Crippen LogP contribution in [0.15, 0.2) is 57.6 Å². The van der Waals surface area contributed by atoms with Crippen molar-refractivity contribution in [3.63, 3.8) is 0 Å². The largest absolute Gasteiger partial charge is 0.496 e. The Morgan fingerprint density at radius 2 is 2.05 bits per heavy atom. The minimum atomic E-state index is -0.142. The molecular formula is C17H16BrNO2. The average molecular weight is 346 g/mol. The van der Waals surface area contributed by atoms with Crippen molar-refractivity contribution in [2.45, 2.75) is 12.5 Å². The number of furan rings is 1. The molecule has 0 fully saturated rings. The topological polar surface area (TPSA) is 48.4 Å². The molecule has 1 unspecified atom stereocenters. The lowest BCUT2D eigenvalue weighted by Crippen LogP contribution is -2.13. The van der Waals surface area contributed by atoms with Crippen molar-refractivity contribution < 1.29 is 9.15 Å². The third-order valence-electron chi connectivity index (χ3n) is 3.59. The SMILES string of the molecule is COc1ccc(Br)cc1CC(N)c1coc2ccccc12. The number of halogens is 1. The minimum absolute atomic E-state index is 0.142. The quantitative estimate of drug-likeness (QED) is 0.759. The molecular weight excluding hydrogens is 330 g/mol. The van der Waals surface area contributed by atoms with Gasteiger partial charge in [0.2, 0.25) is 0 Å². The summed E-state index contributed by atoms with van der Waals surface area (Å²) in [4.78, 5) is 0. The molecule has 3 rings (SSSR count). The van der Waals surface area contributed by atoms with Crippen LogP contribution in [0.4, 0.5) is 0 Å². The zero-order chi connectivity index (χ0) is 14.8. The highest BCUT2D eigenvalue weighted by Crippen LogP contribution is 2.30. The van der Waals surface area contributed by atoms with E-state index in [0.717, 1.165) is 32.3 Å². The van der Waals surface area contributed by atoms with Crippen LogP contribution < -0.4 is 10.5 Å². The first kappa shape index (κ1) is 14.2. The molecule has 3 aromatic rings. The van der Waals surface area contributed by atoms with Crippen molar-refractivity contribution >= 4 is 26.9 Å². The highest BCUT2D eigenvalue weighted by Gasteiger charge is 2.16. The van der Waals surface area contributed by atoms with Crippen LogP contribution in [0.25, 0.3) is 11.0 Å². The summed E-state index contributed by atoms with van der Waals surface area (Å²) in [5.74, 6) is 0.849. The Hall–Kier alpha value is -1.78. The second-order valence-corrected chi connectivity index (χ2v) is 5.87. The molecule has 1 heterocycles. The third-order valence-corrected chi connectivity index (χ3v) is 4.09. The van der Waals surface area contributed by atoms with Gasteiger partial charge in [-0.2, -0.15) is 0 Å². The normalized spacial score (nSPS) is 12.5. The number of hydrogen-bond donors (Lipinski definition) is 1. The van der Waals surface area contributed by atoms with Gasteiger partial charge in [-0.1, -0.05) is 34.1 Å². The maximum Gasteiger partial charge on any atom is 0.134 e. The molecule has 4 heteroatoms. The zero-order valence-corrected chi connectivity index (χ0v) is 13.3. The Morgan fingerprint density at radius 3 is 2.86 bits per heavy atom. The second-order valence-electron chi connectivity index (χ2n) is 4.95. The fraction of sp³-hybridized carbons (Fsp3) is 0.176. The first-order valence-electron chi connectivity index (χ1n) is 6.73. The van der Waals surface area contributed by atoms with Gasteiger partial charge in [0.25, 0.3) is 0 Å². The van der Waals surface area contributed by atoms with Gasteiger partial charge in [-0.3, -0.25) is 0 Å². The van der Waals surface area contributed by atoms with Gasteiger partial charge >= 0.3 is 0 Å². The van der Waals surface area contributed by atoms with Gasteiger partial charge < -0.3 is 14.9 Å². The maximum atomic E-state index is 6.38. The van der Waals surface area contributed by atoms with Gasteiger partial charge in [0, 0.05) is 21.5 Å². The van der Waals surface area contributed by atoms with E-state index in [1.54, 1.807) is 13.4 Å². The van der Waals surface area contributed by atoms with E-state index < -0.39 is 0 Å². The Morgan fingerprint density at radius 1 is 1.24 bits per heavy atom. The molecule has 0 spiro atoms. The molecule has 2 aromatic carbocycles. The first-order valence-corrected chi connectivity index (χ1v) is 7.52. The summed E-state index contributed by atoms with van der Waals surface area (Å²) < 4.78 is 12.0. The molecule has 0 bridgehead atoms. The molecule has 1 atom stereocenters. The summed E-state index contributed by atoms with van der Waals surface area (Å²) >= 11 is 3.49. The number of ether oxygens (including phenoxy) is 1. The van der Waals surface area contributed by atoms with E-state index in [4.69, 9.17) is 14.9 Å². The zero-order valence-electron chi connectivity index (χ0n) is 11.7. The highest BCUT2D eigenvalue weighted by atomic mass is 79.9. The first-order chi connectivity index (χ1) is 10.2. The van der Waals surface area contributed by atoms with Crippen LogP contribution >= 0.6 is 15.9 Å². The van der Waals surface area contributed by atoms with Gasteiger partial charge in [-0.15, -0.1) is 0 Å². The number of fused-ring (bicyclic) bond motifs is 1. The summed E-state index contributed by atoms with van der Waals surface area (Å²) in [7, 11) is 1.67. The Kier molecular flexibility index (Phi) is 3.99. The lowest BCUT2D eigenvalue weighted by molar-refractivity contribution is 0.408. The predicted molar refractivity (Wildman–Crippen MR) is 87.5 cm³/mol. The summed E-state index contributed by atoms with van der Waals surface area (Å²) in [6.07, 6.45) is 2.44. The molecule has 0 radical (unpaired) electrons. The van der Waals surface area contributed by atoms with Crippen LogP contribution in [0.2, 0.25) is 0 Å². The molecule has 0 aliphatic heterocycles. The molecule has 3 nitrogen and oxygen atoms in total. The Bertz CT molecular complexity index is 766. The van der Waals surface area contributed by atoms with E-state index in [9.17, 15) is 0 Å².